The zero-order valence-corrected chi connectivity index (χ0v) is 15.9. The first kappa shape index (κ1) is 19.1. The molecule has 0 aliphatic carbocycles. The van der Waals surface area contributed by atoms with Crippen LogP contribution >= 0.6 is 53.5 Å². The highest BCUT2D eigenvalue weighted by Gasteiger charge is 2.26. The monoisotopic (exact) mass is 386 g/mol. The van der Waals surface area contributed by atoms with Gasteiger partial charge >= 0.3 is 6.72 Å². The van der Waals surface area contributed by atoms with Crippen molar-refractivity contribution in [2.75, 3.05) is 11.9 Å². The van der Waals surface area contributed by atoms with Gasteiger partial charge in [0.15, 0.2) is 5.11 Å². The van der Waals surface area contributed by atoms with E-state index in [4.69, 9.17) is 39.9 Å². The molecule has 0 saturated carbocycles. The molecule has 1 atom stereocenters. The van der Waals surface area contributed by atoms with E-state index in [1.807, 2.05) is 13.8 Å². The molecule has 0 heterocycles. The molecular weight excluding hydrogens is 370 g/mol. The number of benzene rings is 1. The molecule has 1 unspecified atom stereocenters. The molecule has 0 aliphatic rings. The van der Waals surface area contributed by atoms with Crippen molar-refractivity contribution in [1.82, 2.24) is 5.09 Å². The first-order valence-corrected chi connectivity index (χ1v) is 10.5. The second-order valence-electron chi connectivity index (χ2n) is 4.26. The topological polar surface area (TPSA) is 50.4 Å². The smallest absolute Gasteiger partial charge is 0.331 e. The van der Waals surface area contributed by atoms with E-state index in [0.717, 1.165) is 0 Å². The summed E-state index contributed by atoms with van der Waals surface area (Å²) in [6.07, 6.45) is 0. The number of thiocarbonyl (C=S) groups is 1. The number of hydrogen-bond donors (Lipinski definition) is 2. The maximum absolute atomic E-state index is 12.6. The van der Waals surface area contributed by atoms with Crippen LogP contribution in [0.1, 0.15) is 20.8 Å². The van der Waals surface area contributed by atoms with Gasteiger partial charge in [0.25, 0.3) is 0 Å². The second-order valence-corrected chi connectivity index (χ2v) is 10.2. The predicted octanol–water partition coefficient (Wildman–Crippen LogP) is 5.57. The Labute approximate surface area is 144 Å². The van der Waals surface area contributed by atoms with Gasteiger partial charge in [0, 0.05) is 10.3 Å². The number of halogens is 2. The fourth-order valence-corrected chi connectivity index (χ4v) is 6.48. The molecule has 1 aromatic carbocycles. The van der Waals surface area contributed by atoms with Crippen LogP contribution in [-0.4, -0.2) is 17.0 Å². The standard InChI is InChI=1S/C12H17Cl2N2O2PS2/c1-4-18-19(17,21-8(2)3)16-12(20)15-11-6-5-9(13)7-10(11)14/h5-8H,4H2,1-3H3,(H2,15,16,17,20). The van der Waals surface area contributed by atoms with Gasteiger partial charge in [-0.15, -0.1) is 0 Å². The normalized spacial score (nSPS) is 13.8. The van der Waals surface area contributed by atoms with E-state index in [1.165, 1.54) is 11.4 Å². The van der Waals surface area contributed by atoms with Crippen molar-refractivity contribution in [3.05, 3.63) is 28.2 Å². The van der Waals surface area contributed by atoms with Gasteiger partial charge in [-0.25, -0.2) is 0 Å². The van der Waals surface area contributed by atoms with Crippen LogP contribution in [0.15, 0.2) is 18.2 Å². The van der Waals surface area contributed by atoms with Crippen LogP contribution in [0, 0.1) is 0 Å². The average Bonchev–Trinajstić information content (AvgIpc) is 2.31. The molecule has 0 spiro atoms. The van der Waals surface area contributed by atoms with Gasteiger partial charge < -0.3 is 9.84 Å². The summed E-state index contributed by atoms with van der Waals surface area (Å²) in [5, 5.41) is 6.90. The second kappa shape index (κ2) is 8.61. The Hall–Kier alpha value is 0.0300. The molecule has 0 aromatic heterocycles. The van der Waals surface area contributed by atoms with Gasteiger partial charge in [-0.3, -0.25) is 9.65 Å². The largest absolute Gasteiger partial charge is 0.353 e. The van der Waals surface area contributed by atoms with Crippen molar-refractivity contribution in [3.63, 3.8) is 0 Å². The zero-order chi connectivity index (χ0) is 16.0. The summed E-state index contributed by atoms with van der Waals surface area (Å²) in [6.45, 7) is 2.88. The van der Waals surface area contributed by atoms with Gasteiger partial charge in [0.2, 0.25) is 0 Å². The van der Waals surface area contributed by atoms with Gasteiger partial charge in [-0.05, 0) is 48.7 Å². The average molecular weight is 387 g/mol. The summed E-state index contributed by atoms with van der Waals surface area (Å²) in [6, 6.07) is 4.97. The number of rotatable bonds is 6. The summed E-state index contributed by atoms with van der Waals surface area (Å²) in [5.41, 5.74) is 0.580. The quantitative estimate of drug-likeness (QED) is 0.492. The molecule has 0 fully saturated rings. The third-order valence-corrected chi connectivity index (χ3v) is 7.45. The van der Waals surface area contributed by atoms with Crippen LogP contribution in [0.4, 0.5) is 5.69 Å². The Kier molecular flexibility index (Phi) is 7.82. The fraction of sp³-hybridized carbons (Fsp3) is 0.417. The lowest BCUT2D eigenvalue weighted by Gasteiger charge is -2.21. The SMILES string of the molecule is CCOP(=O)(NC(=S)Nc1ccc(Cl)cc1Cl)SC(C)C. The van der Waals surface area contributed by atoms with E-state index in [1.54, 1.807) is 25.1 Å². The van der Waals surface area contributed by atoms with Crippen molar-refractivity contribution >= 4 is 64.3 Å². The number of nitrogens with one attached hydrogen (secondary N) is 2. The molecule has 9 heteroatoms. The van der Waals surface area contributed by atoms with E-state index < -0.39 is 6.72 Å². The minimum absolute atomic E-state index is 0.136. The van der Waals surface area contributed by atoms with Crippen molar-refractivity contribution in [2.24, 2.45) is 0 Å². The van der Waals surface area contributed by atoms with Gasteiger partial charge in [-0.2, -0.15) is 0 Å². The summed E-state index contributed by atoms with van der Waals surface area (Å²) in [4.78, 5) is 0. The maximum atomic E-state index is 12.6. The summed E-state index contributed by atoms with van der Waals surface area (Å²) in [5.74, 6) is 0. The van der Waals surface area contributed by atoms with Gasteiger partial charge in [-0.1, -0.05) is 37.0 Å². The van der Waals surface area contributed by atoms with E-state index >= 15 is 0 Å². The molecule has 0 radical (unpaired) electrons. The Morgan fingerprint density at radius 1 is 1.48 bits per heavy atom. The predicted molar refractivity (Wildman–Crippen MR) is 97.8 cm³/mol. The molecule has 0 bridgehead atoms. The minimum Gasteiger partial charge on any atom is -0.331 e. The van der Waals surface area contributed by atoms with Crippen LogP contribution < -0.4 is 10.4 Å². The molecule has 4 nitrogen and oxygen atoms in total. The molecule has 21 heavy (non-hydrogen) atoms. The zero-order valence-electron chi connectivity index (χ0n) is 11.9. The lowest BCUT2D eigenvalue weighted by atomic mass is 10.3. The Morgan fingerprint density at radius 3 is 2.67 bits per heavy atom. The van der Waals surface area contributed by atoms with Crippen molar-refractivity contribution < 1.29 is 9.09 Å². The van der Waals surface area contributed by atoms with Crippen LogP contribution in [0.2, 0.25) is 10.0 Å². The highest BCUT2D eigenvalue weighted by molar-refractivity contribution is 8.56. The third-order valence-electron chi connectivity index (χ3n) is 2.07. The lowest BCUT2D eigenvalue weighted by Crippen LogP contribution is -2.26. The molecular formula is C12H17Cl2N2O2PS2. The molecule has 118 valence electrons. The van der Waals surface area contributed by atoms with E-state index in [0.29, 0.717) is 22.3 Å². The van der Waals surface area contributed by atoms with Crippen LogP contribution in [0.5, 0.6) is 0 Å². The van der Waals surface area contributed by atoms with Crippen molar-refractivity contribution in [1.29, 1.82) is 0 Å². The van der Waals surface area contributed by atoms with Crippen LogP contribution in [-0.2, 0) is 9.09 Å². The van der Waals surface area contributed by atoms with E-state index in [2.05, 4.69) is 10.4 Å². The molecule has 1 rings (SSSR count). The molecule has 1 aromatic rings. The number of anilines is 1. The first-order chi connectivity index (χ1) is 9.75. The Morgan fingerprint density at radius 2 is 2.14 bits per heavy atom. The van der Waals surface area contributed by atoms with Gasteiger partial charge in [0.05, 0.1) is 17.3 Å². The lowest BCUT2D eigenvalue weighted by molar-refractivity contribution is 0.343. The Bertz CT molecular complexity index is 558. The molecule has 2 N–H and O–H groups in total. The number of hydrogen-bond acceptors (Lipinski definition) is 4. The summed E-state index contributed by atoms with van der Waals surface area (Å²) >= 11 is 18.3. The van der Waals surface area contributed by atoms with Crippen molar-refractivity contribution in [3.8, 4) is 0 Å². The third kappa shape index (κ3) is 6.76. The molecule has 0 saturated heterocycles. The Balaban J connectivity index is 2.76. The highest BCUT2D eigenvalue weighted by atomic mass is 35.5. The van der Waals surface area contributed by atoms with E-state index in [-0.39, 0.29) is 10.4 Å². The van der Waals surface area contributed by atoms with Crippen molar-refractivity contribution in [2.45, 2.75) is 26.0 Å². The summed E-state index contributed by atoms with van der Waals surface area (Å²) < 4.78 is 17.9. The summed E-state index contributed by atoms with van der Waals surface area (Å²) in [7, 11) is 0. The van der Waals surface area contributed by atoms with E-state index in [9.17, 15) is 4.57 Å². The fourth-order valence-electron chi connectivity index (χ4n) is 1.40. The highest BCUT2D eigenvalue weighted by Crippen LogP contribution is 2.57. The minimum atomic E-state index is -3.10. The molecule has 0 aliphatic heterocycles. The van der Waals surface area contributed by atoms with Gasteiger partial charge in [0.1, 0.15) is 0 Å². The molecule has 0 amide bonds. The maximum Gasteiger partial charge on any atom is 0.353 e. The van der Waals surface area contributed by atoms with Crippen LogP contribution in [0.3, 0.4) is 0 Å². The first-order valence-electron chi connectivity index (χ1n) is 6.23. The van der Waals surface area contributed by atoms with Crippen LogP contribution in [0.25, 0.3) is 0 Å².